The molecule has 3 heterocycles. The summed E-state index contributed by atoms with van der Waals surface area (Å²) in [5, 5.41) is 20.8. The minimum absolute atomic E-state index is 0.210. The molecule has 2 aliphatic heterocycles. The molecule has 1 fully saturated rings. The van der Waals surface area contributed by atoms with E-state index in [0.717, 1.165) is 11.1 Å². The number of aliphatic hydroxyl groups is 2. The van der Waals surface area contributed by atoms with Crippen molar-refractivity contribution in [2.75, 3.05) is 0 Å². The smallest absolute Gasteiger partial charge is 0.402 e. The first-order valence-corrected chi connectivity index (χ1v) is 9.73. The molecule has 11 heteroatoms. The van der Waals surface area contributed by atoms with Gasteiger partial charge in [0.05, 0.1) is 6.61 Å². The van der Waals surface area contributed by atoms with E-state index in [1.54, 1.807) is 0 Å². The molecule has 3 atom stereocenters. The van der Waals surface area contributed by atoms with Crippen LogP contribution in [0.3, 0.4) is 0 Å². The summed E-state index contributed by atoms with van der Waals surface area (Å²) in [4.78, 5) is 25.2. The predicted octanol–water partition coefficient (Wildman–Crippen LogP) is 1.01. The zero-order chi connectivity index (χ0) is 19.9. The highest BCUT2D eigenvalue weighted by Crippen LogP contribution is 2.51. The largest absolute Gasteiger partial charge is 0.426 e. The highest BCUT2D eigenvalue weighted by atomic mass is 31.2. The summed E-state index contributed by atoms with van der Waals surface area (Å²) in [7, 11) is -2.05. The van der Waals surface area contributed by atoms with Gasteiger partial charge < -0.3 is 19.5 Å². The Hall–Kier alpha value is -2.07. The lowest BCUT2D eigenvalue weighted by atomic mass is 10.1. The molecule has 28 heavy (non-hydrogen) atoms. The zero-order valence-corrected chi connectivity index (χ0v) is 15.8. The lowest BCUT2D eigenvalue weighted by molar-refractivity contribution is -0.346. The molecule has 1 aromatic carbocycles. The highest BCUT2D eigenvalue weighted by molar-refractivity contribution is 7.42. The number of hydrogen-bond donors (Lipinski definition) is 3. The number of nitrogens with zero attached hydrogens (tertiary/aromatic N) is 1. The van der Waals surface area contributed by atoms with E-state index >= 15 is 0 Å². The summed E-state index contributed by atoms with van der Waals surface area (Å²) in [6.07, 6.45) is -0.0698. The average Bonchev–Trinajstić information content (AvgIpc) is 3.13. The molecule has 150 valence electrons. The number of aromatic amines is 1. The predicted molar refractivity (Wildman–Crippen MR) is 96.2 cm³/mol. The van der Waals surface area contributed by atoms with Gasteiger partial charge in [-0.15, -0.1) is 0 Å². The van der Waals surface area contributed by atoms with Gasteiger partial charge in [0.2, 0.25) is 0 Å². The second-order valence-corrected chi connectivity index (χ2v) is 7.65. The van der Waals surface area contributed by atoms with Gasteiger partial charge in [-0.1, -0.05) is 18.2 Å². The molecule has 3 unspecified atom stereocenters. The maximum atomic E-state index is 11.9. The van der Waals surface area contributed by atoms with Crippen LogP contribution in [-0.4, -0.2) is 31.8 Å². The molecule has 0 bridgehead atoms. The van der Waals surface area contributed by atoms with Crippen molar-refractivity contribution in [3.8, 4) is 5.75 Å². The summed E-state index contributed by atoms with van der Waals surface area (Å²) in [6, 6.07) is 6.79. The van der Waals surface area contributed by atoms with Crippen molar-refractivity contribution in [1.82, 2.24) is 9.55 Å². The van der Waals surface area contributed by atoms with E-state index in [4.69, 9.17) is 18.3 Å². The van der Waals surface area contributed by atoms with Gasteiger partial charge in [0.1, 0.15) is 18.1 Å². The van der Waals surface area contributed by atoms with Crippen molar-refractivity contribution in [2.24, 2.45) is 0 Å². The lowest BCUT2D eigenvalue weighted by Crippen LogP contribution is -2.44. The van der Waals surface area contributed by atoms with Crippen LogP contribution in [0.25, 0.3) is 0 Å². The van der Waals surface area contributed by atoms with Crippen molar-refractivity contribution < 1.29 is 28.5 Å². The second kappa shape index (κ2) is 7.40. The number of para-hydroxylation sites is 1. The van der Waals surface area contributed by atoms with Crippen LogP contribution >= 0.6 is 8.60 Å². The highest BCUT2D eigenvalue weighted by Gasteiger charge is 2.47. The first kappa shape index (κ1) is 19.3. The van der Waals surface area contributed by atoms with Crippen LogP contribution in [0.4, 0.5) is 0 Å². The van der Waals surface area contributed by atoms with E-state index in [-0.39, 0.29) is 13.0 Å². The van der Waals surface area contributed by atoms with Crippen LogP contribution in [0, 0.1) is 6.92 Å². The number of hydrogen-bond acceptors (Lipinski definition) is 8. The van der Waals surface area contributed by atoms with Gasteiger partial charge in [-0.3, -0.25) is 18.9 Å². The van der Waals surface area contributed by atoms with Gasteiger partial charge >= 0.3 is 20.3 Å². The minimum atomic E-state index is -2.67. The first-order valence-electron chi connectivity index (χ1n) is 8.64. The third kappa shape index (κ3) is 3.75. The Morgan fingerprint density at radius 1 is 1.29 bits per heavy atom. The fraction of sp³-hybridized carbons (Fsp3) is 0.412. The monoisotopic (exact) mass is 410 g/mol. The van der Waals surface area contributed by atoms with E-state index < -0.39 is 38.2 Å². The number of H-pyrrole nitrogens is 1. The third-order valence-corrected chi connectivity index (χ3v) is 5.66. The molecule has 2 aliphatic rings. The zero-order valence-electron chi connectivity index (χ0n) is 14.9. The quantitative estimate of drug-likeness (QED) is 0.503. The number of benzene rings is 1. The Morgan fingerprint density at radius 2 is 2.11 bits per heavy atom. The molecule has 2 aromatic rings. The molecule has 1 saturated heterocycles. The van der Waals surface area contributed by atoms with Gasteiger partial charge in [0.25, 0.3) is 5.56 Å². The Bertz CT molecular complexity index is 988. The number of fused-ring (bicyclic) bond motifs is 1. The van der Waals surface area contributed by atoms with Gasteiger partial charge in [0.15, 0.2) is 0 Å². The summed E-state index contributed by atoms with van der Waals surface area (Å²) < 4.78 is 23.1. The minimum Gasteiger partial charge on any atom is -0.426 e. The van der Waals surface area contributed by atoms with Gasteiger partial charge in [-0.2, -0.15) is 0 Å². The Kier molecular flexibility index (Phi) is 5.09. The number of ether oxygens (including phenoxy) is 1. The molecule has 0 aliphatic carbocycles. The third-order valence-electron chi connectivity index (χ3n) is 4.57. The summed E-state index contributed by atoms with van der Waals surface area (Å²) in [5.41, 5.74) is 0.560. The molecule has 1 aromatic heterocycles. The Balaban J connectivity index is 1.44. The van der Waals surface area contributed by atoms with Crippen LogP contribution in [0.2, 0.25) is 0 Å². The fourth-order valence-corrected chi connectivity index (χ4v) is 4.28. The van der Waals surface area contributed by atoms with Crippen LogP contribution in [0.1, 0.15) is 30.2 Å². The molecular weight excluding hydrogens is 391 g/mol. The lowest BCUT2D eigenvalue weighted by Gasteiger charge is -2.32. The van der Waals surface area contributed by atoms with Crippen molar-refractivity contribution in [1.29, 1.82) is 0 Å². The molecule has 4 rings (SSSR count). The average molecular weight is 410 g/mol. The molecular formula is C17H19N2O8P. The number of rotatable bonds is 4. The topological polar surface area (TPSA) is 132 Å². The fourth-order valence-electron chi connectivity index (χ4n) is 3.15. The Morgan fingerprint density at radius 3 is 2.89 bits per heavy atom. The molecule has 0 amide bonds. The normalized spacial score (nSPS) is 24.6. The van der Waals surface area contributed by atoms with Crippen molar-refractivity contribution in [2.45, 2.75) is 44.7 Å². The maximum Gasteiger partial charge on any atom is 0.402 e. The summed E-state index contributed by atoms with van der Waals surface area (Å²) in [6.45, 7) is 2.09. The van der Waals surface area contributed by atoms with E-state index in [2.05, 4.69) is 4.98 Å². The van der Waals surface area contributed by atoms with Gasteiger partial charge in [0, 0.05) is 17.8 Å². The van der Waals surface area contributed by atoms with E-state index in [0.29, 0.717) is 12.2 Å². The van der Waals surface area contributed by atoms with Gasteiger partial charge in [-0.25, -0.2) is 9.32 Å². The van der Waals surface area contributed by atoms with Crippen LogP contribution in [0.15, 0.2) is 40.1 Å². The number of aromatic nitrogens is 2. The number of nitrogens with one attached hydrogen (secondary N) is 1. The summed E-state index contributed by atoms with van der Waals surface area (Å²) in [5.74, 6) is -2.08. The van der Waals surface area contributed by atoms with E-state index in [9.17, 15) is 19.8 Å². The molecule has 3 N–H and O–H groups in total. The van der Waals surface area contributed by atoms with Gasteiger partial charge in [-0.05, 0) is 25.3 Å². The van der Waals surface area contributed by atoms with E-state index in [1.165, 1.54) is 16.8 Å². The first-order chi connectivity index (χ1) is 13.3. The standard InChI is InChI=1S/C17H19N2O8P/c1-10-3-2-4-11-9-24-28(26-15(10)11)27-17(22,23)12-5-6-14(25-12)19-8-7-13(20)18-16(19)21/h2-4,7-8,12,14,22-23H,5-6,9H2,1H3,(H,18,20,21). The van der Waals surface area contributed by atoms with Crippen molar-refractivity contribution in [3.63, 3.8) is 0 Å². The van der Waals surface area contributed by atoms with Crippen LogP contribution in [-0.2, 0) is 20.4 Å². The second-order valence-electron chi connectivity index (χ2n) is 6.58. The Labute approximate surface area is 160 Å². The molecule has 0 radical (unpaired) electrons. The van der Waals surface area contributed by atoms with E-state index in [1.807, 2.05) is 25.1 Å². The van der Waals surface area contributed by atoms with Crippen LogP contribution in [0.5, 0.6) is 5.75 Å². The van der Waals surface area contributed by atoms with Crippen LogP contribution < -0.4 is 15.8 Å². The number of aryl methyl sites for hydroxylation is 1. The maximum absolute atomic E-state index is 11.9. The molecule has 0 saturated carbocycles. The molecule has 0 spiro atoms. The molecule has 10 nitrogen and oxygen atoms in total. The SMILES string of the molecule is Cc1cccc2c1OP(OC(O)(O)C1CCC(n3ccc(=O)[nH]c3=O)O1)OC2. The summed E-state index contributed by atoms with van der Waals surface area (Å²) >= 11 is 0. The van der Waals surface area contributed by atoms with Crippen molar-refractivity contribution >= 4 is 8.60 Å². The van der Waals surface area contributed by atoms with Crippen molar-refractivity contribution in [3.05, 3.63) is 62.4 Å².